The average Bonchev–Trinajstić information content (AvgIpc) is 2.37. The van der Waals surface area contributed by atoms with Gasteiger partial charge in [-0.15, -0.1) is 0 Å². The van der Waals surface area contributed by atoms with Gasteiger partial charge in [0.1, 0.15) is 18.1 Å². The molecule has 0 bridgehead atoms. The Kier molecular flexibility index (Phi) is 3.50. The number of anilines is 1. The van der Waals surface area contributed by atoms with Crippen LogP contribution in [-0.2, 0) is 6.61 Å². The van der Waals surface area contributed by atoms with Crippen LogP contribution in [0.5, 0.6) is 11.5 Å². The largest absolute Gasteiger partial charge is 0.497 e. The molecule has 0 aromatic heterocycles. The van der Waals surface area contributed by atoms with Crippen LogP contribution in [0, 0.1) is 0 Å². The van der Waals surface area contributed by atoms with E-state index in [-0.39, 0.29) is 0 Å². The SMILES string of the molecule is COc1cc(N)cc(OCc2ccccc2)c1. The van der Waals surface area contributed by atoms with Crippen molar-refractivity contribution < 1.29 is 9.47 Å². The highest BCUT2D eigenvalue weighted by molar-refractivity contribution is 5.50. The summed E-state index contributed by atoms with van der Waals surface area (Å²) in [4.78, 5) is 0. The lowest BCUT2D eigenvalue weighted by atomic mass is 10.2. The molecule has 0 saturated heterocycles. The van der Waals surface area contributed by atoms with Gasteiger partial charge in [-0.25, -0.2) is 0 Å². The van der Waals surface area contributed by atoms with Crippen molar-refractivity contribution in [2.45, 2.75) is 6.61 Å². The number of hydrogen-bond acceptors (Lipinski definition) is 3. The zero-order chi connectivity index (χ0) is 12.1. The van der Waals surface area contributed by atoms with Gasteiger partial charge in [0.25, 0.3) is 0 Å². The molecule has 0 spiro atoms. The van der Waals surface area contributed by atoms with Gasteiger partial charge in [-0.05, 0) is 5.56 Å². The molecule has 3 nitrogen and oxygen atoms in total. The number of rotatable bonds is 4. The normalized spacial score (nSPS) is 9.94. The van der Waals surface area contributed by atoms with Crippen LogP contribution < -0.4 is 15.2 Å². The first kappa shape index (κ1) is 11.3. The van der Waals surface area contributed by atoms with E-state index in [1.807, 2.05) is 36.4 Å². The molecule has 0 aliphatic heterocycles. The highest BCUT2D eigenvalue weighted by Gasteiger charge is 2.00. The van der Waals surface area contributed by atoms with Gasteiger partial charge in [0, 0.05) is 23.9 Å². The van der Waals surface area contributed by atoms with Crippen molar-refractivity contribution >= 4 is 5.69 Å². The number of nitrogen functional groups attached to an aromatic ring is 1. The summed E-state index contributed by atoms with van der Waals surface area (Å²) in [5.74, 6) is 1.42. The van der Waals surface area contributed by atoms with Crippen molar-refractivity contribution in [1.29, 1.82) is 0 Å². The van der Waals surface area contributed by atoms with E-state index in [0.29, 0.717) is 23.8 Å². The number of methoxy groups -OCH3 is 1. The van der Waals surface area contributed by atoms with Gasteiger partial charge in [0.15, 0.2) is 0 Å². The third kappa shape index (κ3) is 3.14. The lowest BCUT2D eigenvalue weighted by molar-refractivity contribution is 0.304. The summed E-state index contributed by atoms with van der Waals surface area (Å²) >= 11 is 0. The van der Waals surface area contributed by atoms with E-state index >= 15 is 0 Å². The number of ether oxygens (including phenoxy) is 2. The highest BCUT2D eigenvalue weighted by atomic mass is 16.5. The third-order valence-electron chi connectivity index (χ3n) is 2.39. The molecule has 0 aliphatic carbocycles. The summed E-state index contributed by atoms with van der Waals surface area (Å²) in [7, 11) is 1.61. The topological polar surface area (TPSA) is 44.5 Å². The van der Waals surface area contributed by atoms with Gasteiger partial charge in [-0.2, -0.15) is 0 Å². The van der Waals surface area contributed by atoms with Crippen molar-refractivity contribution in [3.05, 3.63) is 54.1 Å². The van der Waals surface area contributed by atoms with E-state index in [1.54, 1.807) is 19.2 Å². The second-order valence-corrected chi connectivity index (χ2v) is 3.72. The Balaban J connectivity index is 2.06. The van der Waals surface area contributed by atoms with Gasteiger partial charge in [0.05, 0.1) is 7.11 Å². The minimum atomic E-state index is 0.521. The fourth-order valence-corrected chi connectivity index (χ4v) is 1.54. The minimum Gasteiger partial charge on any atom is -0.497 e. The Labute approximate surface area is 101 Å². The van der Waals surface area contributed by atoms with E-state index in [4.69, 9.17) is 15.2 Å². The van der Waals surface area contributed by atoms with Crippen molar-refractivity contribution in [3.63, 3.8) is 0 Å². The molecule has 2 aromatic carbocycles. The first-order valence-corrected chi connectivity index (χ1v) is 5.39. The summed E-state index contributed by atoms with van der Waals surface area (Å²) in [6.45, 7) is 0.521. The van der Waals surface area contributed by atoms with Crippen molar-refractivity contribution in [2.75, 3.05) is 12.8 Å². The van der Waals surface area contributed by atoms with E-state index in [9.17, 15) is 0 Å². The van der Waals surface area contributed by atoms with Crippen LogP contribution in [0.1, 0.15) is 5.56 Å². The Morgan fingerprint density at radius 1 is 1.00 bits per heavy atom. The minimum absolute atomic E-state index is 0.521. The van der Waals surface area contributed by atoms with Gasteiger partial charge >= 0.3 is 0 Å². The molecular weight excluding hydrogens is 214 g/mol. The van der Waals surface area contributed by atoms with Gasteiger partial charge in [-0.3, -0.25) is 0 Å². The van der Waals surface area contributed by atoms with Crippen molar-refractivity contribution in [3.8, 4) is 11.5 Å². The predicted molar refractivity (Wildman–Crippen MR) is 68.2 cm³/mol. The molecular formula is C14H15NO2. The molecule has 0 aliphatic rings. The monoisotopic (exact) mass is 229 g/mol. The van der Waals surface area contributed by atoms with E-state index in [2.05, 4.69) is 0 Å². The standard InChI is InChI=1S/C14H15NO2/c1-16-13-7-12(15)8-14(9-13)17-10-11-5-3-2-4-6-11/h2-9H,10,15H2,1H3. The average molecular weight is 229 g/mol. The van der Waals surface area contributed by atoms with Crippen LogP contribution in [0.25, 0.3) is 0 Å². The van der Waals surface area contributed by atoms with E-state index < -0.39 is 0 Å². The zero-order valence-corrected chi connectivity index (χ0v) is 9.72. The van der Waals surface area contributed by atoms with Gasteiger partial charge < -0.3 is 15.2 Å². The van der Waals surface area contributed by atoms with Crippen molar-refractivity contribution in [1.82, 2.24) is 0 Å². The van der Waals surface area contributed by atoms with Crippen LogP contribution >= 0.6 is 0 Å². The van der Waals surface area contributed by atoms with Crippen LogP contribution in [0.15, 0.2) is 48.5 Å². The smallest absolute Gasteiger partial charge is 0.125 e. The quantitative estimate of drug-likeness (QED) is 0.820. The van der Waals surface area contributed by atoms with E-state index in [1.165, 1.54) is 0 Å². The number of hydrogen-bond donors (Lipinski definition) is 1. The number of nitrogens with two attached hydrogens (primary N) is 1. The maximum absolute atomic E-state index is 5.74. The molecule has 0 amide bonds. The maximum Gasteiger partial charge on any atom is 0.125 e. The molecule has 2 aromatic rings. The third-order valence-corrected chi connectivity index (χ3v) is 2.39. The molecule has 2 rings (SSSR count). The molecule has 0 radical (unpaired) electrons. The molecule has 0 fully saturated rings. The molecule has 0 saturated carbocycles. The highest BCUT2D eigenvalue weighted by Crippen LogP contribution is 2.24. The second kappa shape index (κ2) is 5.25. The fraction of sp³-hybridized carbons (Fsp3) is 0.143. The molecule has 2 N–H and O–H groups in total. The second-order valence-electron chi connectivity index (χ2n) is 3.72. The summed E-state index contributed by atoms with van der Waals surface area (Å²) in [5, 5.41) is 0. The van der Waals surface area contributed by atoms with Gasteiger partial charge in [-0.1, -0.05) is 30.3 Å². The van der Waals surface area contributed by atoms with Gasteiger partial charge in [0.2, 0.25) is 0 Å². The fourth-order valence-electron chi connectivity index (χ4n) is 1.54. The summed E-state index contributed by atoms with van der Waals surface area (Å²) < 4.78 is 10.8. The Morgan fingerprint density at radius 2 is 1.71 bits per heavy atom. The molecule has 3 heteroatoms. The van der Waals surface area contributed by atoms with E-state index in [0.717, 1.165) is 5.56 Å². The lowest BCUT2D eigenvalue weighted by Crippen LogP contribution is -1.97. The van der Waals surface area contributed by atoms with Crippen LogP contribution in [-0.4, -0.2) is 7.11 Å². The first-order chi connectivity index (χ1) is 8.28. The maximum atomic E-state index is 5.74. The Hall–Kier alpha value is -2.16. The zero-order valence-electron chi connectivity index (χ0n) is 9.72. The summed E-state index contributed by atoms with van der Waals surface area (Å²) in [6, 6.07) is 15.3. The van der Waals surface area contributed by atoms with Crippen LogP contribution in [0.4, 0.5) is 5.69 Å². The summed E-state index contributed by atoms with van der Waals surface area (Å²) in [6.07, 6.45) is 0. The Bertz CT molecular complexity index is 483. The molecule has 88 valence electrons. The van der Waals surface area contributed by atoms with Crippen molar-refractivity contribution in [2.24, 2.45) is 0 Å². The molecule has 0 unspecified atom stereocenters. The lowest BCUT2D eigenvalue weighted by Gasteiger charge is -2.09. The van der Waals surface area contributed by atoms with Crippen LogP contribution in [0.2, 0.25) is 0 Å². The Morgan fingerprint density at radius 3 is 2.41 bits per heavy atom. The molecule has 0 heterocycles. The summed E-state index contributed by atoms with van der Waals surface area (Å²) in [5.41, 5.74) is 7.50. The molecule has 17 heavy (non-hydrogen) atoms. The number of benzene rings is 2. The van der Waals surface area contributed by atoms with Crippen LogP contribution in [0.3, 0.4) is 0 Å². The predicted octanol–water partition coefficient (Wildman–Crippen LogP) is 2.86. The molecule has 0 atom stereocenters. The first-order valence-electron chi connectivity index (χ1n) is 5.39.